The highest BCUT2D eigenvalue weighted by molar-refractivity contribution is 7.92. The van der Waals surface area contributed by atoms with E-state index in [9.17, 15) is 13.7 Å². The van der Waals surface area contributed by atoms with Gasteiger partial charge in [0.1, 0.15) is 6.07 Å². The van der Waals surface area contributed by atoms with Crippen molar-refractivity contribution >= 4 is 27.1 Å². The molecule has 0 amide bonds. The first kappa shape index (κ1) is 16.8. The number of nitriles is 1. The topological polar surface area (TPSA) is 94.9 Å². The molecular weight excluding hydrogens is 312 g/mol. The van der Waals surface area contributed by atoms with Gasteiger partial charge in [0, 0.05) is 17.1 Å². The van der Waals surface area contributed by atoms with E-state index in [-0.39, 0.29) is 5.75 Å². The first-order valence-corrected chi connectivity index (χ1v) is 8.76. The Morgan fingerprint density at radius 1 is 1.17 bits per heavy atom. The Morgan fingerprint density at radius 2 is 1.78 bits per heavy atom. The van der Waals surface area contributed by atoms with Gasteiger partial charge >= 0.3 is 0 Å². The number of nitrogens with one attached hydrogen (secondary N) is 2. The maximum atomic E-state index is 11.5. The molecule has 0 fully saturated rings. The molecule has 6 nitrogen and oxygen atoms in total. The summed E-state index contributed by atoms with van der Waals surface area (Å²) >= 11 is 0. The van der Waals surface area contributed by atoms with E-state index in [4.69, 9.17) is 0 Å². The molecule has 0 spiro atoms. The first-order valence-electron chi connectivity index (χ1n) is 7.10. The summed E-state index contributed by atoms with van der Waals surface area (Å²) in [5.41, 5.74) is 3.91. The van der Waals surface area contributed by atoms with Gasteiger partial charge in [0.05, 0.1) is 22.7 Å². The second kappa shape index (κ2) is 6.67. The Labute approximate surface area is 136 Å². The Bertz CT molecular complexity index is 853. The average Bonchev–Trinajstić information content (AvgIpc) is 2.49. The molecule has 0 radical (unpaired) electrons. The lowest BCUT2D eigenvalue weighted by Gasteiger charge is -2.12. The molecule has 0 saturated carbocycles. The molecule has 0 aliphatic heterocycles. The maximum absolute atomic E-state index is 11.5. The fourth-order valence-corrected chi connectivity index (χ4v) is 2.74. The van der Waals surface area contributed by atoms with Crippen molar-refractivity contribution in [3.63, 3.8) is 0 Å². The van der Waals surface area contributed by atoms with Crippen LogP contribution in [-0.4, -0.2) is 19.2 Å². The normalized spacial score (nSPS) is 10.9. The number of aryl methyl sites for hydroxylation is 2. The quantitative estimate of drug-likeness (QED) is 0.878. The molecule has 120 valence electrons. The Morgan fingerprint density at radius 3 is 2.35 bits per heavy atom. The smallest absolute Gasteiger partial charge is 0.232 e. The minimum Gasteiger partial charge on any atom is -0.354 e. The summed E-state index contributed by atoms with van der Waals surface area (Å²) < 4.78 is 25.5. The lowest BCUT2D eigenvalue weighted by molar-refractivity contribution is 0.602. The predicted octanol–water partition coefficient (Wildman–Crippen LogP) is 3.08. The molecule has 2 N–H and O–H groups in total. The zero-order valence-corrected chi connectivity index (χ0v) is 14.0. The highest BCUT2D eigenvalue weighted by atomic mass is 32.2. The predicted molar refractivity (Wildman–Crippen MR) is 91.2 cm³/mol. The molecule has 1 aromatic heterocycles. The van der Waals surface area contributed by atoms with Gasteiger partial charge in [0.2, 0.25) is 10.0 Å². The largest absolute Gasteiger partial charge is 0.354 e. The summed E-state index contributed by atoms with van der Waals surface area (Å²) in [6.45, 7) is 5.23. The molecule has 0 unspecified atom stereocenters. The fraction of sp³-hybridized carbons (Fsp3) is 0.250. The van der Waals surface area contributed by atoms with E-state index in [0.29, 0.717) is 22.6 Å². The van der Waals surface area contributed by atoms with Gasteiger partial charge in [-0.05, 0) is 51.1 Å². The van der Waals surface area contributed by atoms with Gasteiger partial charge in [-0.3, -0.25) is 9.71 Å². The third-order valence-electron chi connectivity index (χ3n) is 3.26. The number of hydrogen-bond acceptors (Lipinski definition) is 5. The van der Waals surface area contributed by atoms with Crippen LogP contribution in [0, 0.1) is 25.2 Å². The van der Waals surface area contributed by atoms with E-state index in [2.05, 4.69) is 21.1 Å². The van der Waals surface area contributed by atoms with Crippen LogP contribution in [0.4, 0.5) is 17.1 Å². The summed E-state index contributed by atoms with van der Waals surface area (Å²) in [4.78, 5) is 4.27. The molecule has 1 heterocycles. The first-order chi connectivity index (χ1) is 10.8. The van der Waals surface area contributed by atoms with Crippen LogP contribution in [0.25, 0.3) is 0 Å². The fourth-order valence-electron chi connectivity index (χ4n) is 2.10. The monoisotopic (exact) mass is 330 g/mol. The van der Waals surface area contributed by atoms with Crippen LogP contribution in [0.2, 0.25) is 0 Å². The number of hydrogen-bond donors (Lipinski definition) is 2. The molecule has 7 heteroatoms. The van der Waals surface area contributed by atoms with Crippen LogP contribution in [0.1, 0.15) is 23.9 Å². The van der Waals surface area contributed by atoms with Crippen LogP contribution in [-0.2, 0) is 10.0 Å². The summed E-state index contributed by atoms with van der Waals surface area (Å²) in [5.74, 6) is 0.0219. The summed E-state index contributed by atoms with van der Waals surface area (Å²) in [5, 5.41) is 12.4. The molecule has 23 heavy (non-hydrogen) atoms. The van der Waals surface area contributed by atoms with Crippen molar-refractivity contribution in [1.82, 2.24) is 4.98 Å². The molecule has 2 aromatic rings. The summed E-state index contributed by atoms with van der Waals surface area (Å²) in [7, 11) is -3.29. The zero-order valence-electron chi connectivity index (χ0n) is 13.2. The van der Waals surface area contributed by atoms with Crippen molar-refractivity contribution in [3.05, 3.63) is 47.3 Å². The van der Waals surface area contributed by atoms with Crippen LogP contribution in [0.5, 0.6) is 0 Å². The number of pyridine rings is 1. The van der Waals surface area contributed by atoms with Crippen molar-refractivity contribution in [2.45, 2.75) is 20.8 Å². The Hall–Kier alpha value is -2.59. The minimum atomic E-state index is -3.29. The minimum absolute atomic E-state index is 0.0219. The molecular formula is C16H18N4O2S. The van der Waals surface area contributed by atoms with E-state index in [1.807, 2.05) is 6.92 Å². The molecule has 2 rings (SSSR count). The number of benzene rings is 1. The van der Waals surface area contributed by atoms with Crippen LogP contribution in [0.3, 0.4) is 0 Å². The van der Waals surface area contributed by atoms with Gasteiger partial charge in [-0.1, -0.05) is 0 Å². The van der Waals surface area contributed by atoms with Gasteiger partial charge in [-0.15, -0.1) is 0 Å². The van der Waals surface area contributed by atoms with E-state index in [0.717, 1.165) is 11.4 Å². The standard InChI is InChI=1S/C16H18N4O2S/c1-4-23(21,22)20-14-7-5-13(6-8-14)19-16-9-11(2)18-12(3)15(16)10-17/h5-9,20H,4H2,1-3H3,(H,18,19). The van der Waals surface area contributed by atoms with Crippen LogP contribution >= 0.6 is 0 Å². The average molecular weight is 330 g/mol. The van der Waals surface area contributed by atoms with Gasteiger partial charge in [-0.2, -0.15) is 5.26 Å². The van der Waals surface area contributed by atoms with Gasteiger partial charge < -0.3 is 5.32 Å². The second-order valence-corrected chi connectivity index (χ2v) is 7.10. The highest BCUT2D eigenvalue weighted by Crippen LogP contribution is 2.24. The maximum Gasteiger partial charge on any atom is 0.232 e. The third kappa shape index (κ3) is 4.20. The number of rotatable bonds is 5. The van der Waals surface area contributed by atoms with E-state index in [1.54, 1.807) is 44.2 Å². The summed E-state index contributed by atoms with van der Waals surface area (Å²) in [6, 6.07) is 10.8. The van der Waals surface area contributed by atoms with Gasteiger partial charge in [0.25, 0.3) is 0 Å². The van der Waals surface area contributed by atoms with Crippen LogP contribution < -0.4 is 10.0 Å². The molecule has 0 aliphatic rings. The second-order valence-electron chi connectivity index (χ2n) is 5.09. The third-order valence-corrected chi connectivity index (χ3v) is 4.56. The number of sulfonamides is 1. The van der Waals surface area contributed by atoms with E-state index >= 15 is 0 Å². The molecule has 1 aromatic carbocycles. The van der Waals surface area contributed by atoms with Crippen molar-refractivity contribution in [3.8, 4) is 6.07 Å². The highest BCUT2D eigenvalue weighted by Gasteiger charge is 2.09. The van der Waals surface area contributed by atoms with E-state index < -0.39 is 10.0 Å². The molecule has 0 atom stereocenters. The molecule has 0 saturated heterocycles. The Balaban J connectivity index is 2.24. The Kier molecular flexibility index (Phi) is 4.86. The van der Waals surface area contributed by atoms with Gasteiger partial charge in [0.15, 0.2) is 0 Å². The van der Waals surface area contributed by atoms with Crippen molar-refractivity contribution in [2.75, 3.05) is 15.8 Å². The van der Waals surface area contributed by atoms with Gasteiger partial charge in [-0.25, -0.2) is 8.42 Å². The summed E-state index contributed by atoms with van der Waals surface area (Å²) in [6.07, 6.45) is 0. The molecule has 0 bridgehead atoms. The van der Waals surface area contributed by atoms with Crippen molar-refractivity contribution < 1.29 is 8.42 Å². The molecule has 0 aliphatic carbocycles. The number of aromatic nitrogens is 1. The number of nitrogens with zero attached hydrogens (tertiary/aromatic N) is 2. The van der Waals surface area contributed by atoms with Crippen LogP contribution in [0.15, 0.2) is 30.3 Å². The van der Waals surface area contributed by atoms with E-state index in [1.165, 1.54) is 0 Å². The SMILES string of the molecule is CCS(=O)(=O)Nc1ccc(Nc2cc(C)nc(C)c2C#N)cc1. The lowest BCUT2D eigenvalue weighted by Crippen LogP contribution is -2.14. The van der Waals surface area contributed by atoms with Crippen molar-refractivity contribution in [2.24, 2.45) is 0 Å². The van der Waals surface area contributed by atoms with Crippen molar-refractivity contribution in [1.29, 1.82) is 5.26 Å². The number of anilines is 3. The lowest BCUT2D eigenvalue weighted by atomic mass is 10.1. The zero-order chi connectivity index (χ0) is 17.0.